The number of sulfonamides is 1. The van der Waals surface area contributed by atoms with E-state index in [0.29, 0.717) is 18.4 Å². The van der Waals surface area contributed by atoms with E-state index in [-0.39, 0.29) is 23.0 Å². The summed E-state index contributed by atoms with van der Waals surface area (Å²) in [5.74, 6) is -1.37. The van der Waals surface area contributed by atoms with Crippen LogP contribution in [-0.4, -0.2) is 38.0 Å². The van der Waals surface area contributed by atoms with E-state index in [9.17, 15) is 18.0 Å². The lowest BCUT2D eigenvalue weighted by Gasteiger charge is -2.13. The first kappa shape index (κ1) is 16.9. The number of rotatable bonds is 7. The molecule has 2 fully saturated rings. The second-order valence-electron chi connectivity index (χ2n) is 6.64. The van der Waals surface area contributed by atoms with Gasteiger partial charge in [0.05, 0.1) is 10.3 Å². The topological polar surface area (TPSA) is 113 Å². The highest BCUT2D eigenvalue weighted by molar-refractivity contribution is 7.89. The van der Waals surface area contributed by atoms with E-state index in [0.717, 1.165) is 12.8 Å². The fourth-order valence-electron chi connectivity index (χ4n) is 2.46. The predicted molar refractivity (Wildman–Crippen MR) is 86.2 cm³/mol. The van der Waals surface area contributed by atoms with E-state index in [1.54, 1.807) is 13.0 Å². The molecule has 0 unspecified atom stereocenters. The number of carboxylic acid groups (broad SMARTS) is 1. The summed E-state index contributed by atoms with van der Waals surface area (Å²) in [6.07, 6.45) is 2.74. The fourth-order valence-corrected chi connectivity index (χ4v) is 3.79. The average molecular weight is 352 g/mol. The molecule has 0 atom stereocenters. The van der Waals surface area contributed by atoms with Gasteiger partial charge in [0.25, 0.3) is 5.91 Å². The Hall–Kier alpha value is -1.93. The van der Waals surface area contributed by atoms with E-state index < -0.39 is 27.3 Å². The number of aliphatic carboxylic acids is 1. The molecule has 2 aliphatic carbocycles. The molecule has 1 aromatic rings. The monoisotopic (exact) mass is 352 g/mol. The fraction of sp³-hybridized carbons (Fsp3) is 0.500. The Morgan fingerprint density at radius 2 is 1.96 bits per heavy atom. The van der Waals surface area contributed by atoms with Crippen LogP contribution in [0.25, 0.3) is 0 Å². The number of nitrogens with one attached hydrogen (secondary N) is 2. The molecule has 0 radical (unpaired) electrons. The molecule has 130 valence electrons. The Kier molecular flexibility index (Phi) is 4.13. The van der Waals surface area contributed by atoms with Crippen molar-refractivity contribution in [2.75, 3.05) is 6.54 Å². The molecule has 0 bridgehead atoms. The number of carbonyl (C=O) groups is 2. The molecule has 1 aromatic carbocycles. The number of hydrogen-bond donors (Lipinski definition) is 3. The molecule has 2 saturated carbocycles. The summed E-state index contributed by atoms with van der Waals surface area (Å²) >= 11 is 0. The van der Waals surface area contributed by atoms with Crippen LogP contribution in [-0.2, 0) is 14.8 Å². The van der Waals surface area contributed by atoms with Crippen LogP contribution in [0.4, 0.5) is 0 Å². The Bertz CT molecular complexity index is 795. The van der Waals surface area contributed by atoms with Crippen LogP contribution < -0.4 is 10.0 Å². The molecule has 3 N–H and O–H groups in total. The third-order valence-electron chi connectivity index (χ3n) is 4.56. The normalized spacial score (nSPS) is 18.9. The van der Waals surface area contributed by atoms with Crippen molar-refractivity contribution in [3.63, 3.8) is 0 Å². The van der Waals surface area contributed by atoms with Crippen molar-refractivity contribution in [2.45, 2.75) is 43.5 Å². The molecule has 0 heterocycles. The zero-order valence-corrected chi connectivity index (χ0v) is 14.1. The largest absolute Gasteiger partial charge is 0.481 e. The summed E-state index contributed by atoms with van der Waals surface area (Å²) in [5, 5.41) is 11.8. The van der Waals surface area contributed by atoms with Crippen LogP contribution in [0.5, 0.6) is 0 Å². The highest BCUT2D eigenvalue weighted by Gasteiger charge is 2.50. The van der Waals surface area contributed by atoms with Gasteiger partial charge in [-0.3, -0.25) is 9.59 Å². The SMILES string of the molecule is Cc1ccc(S(=O)(=O)NC2CC2)cc1C(=O)NCC1(C(=O)O)CC1. The lowest BCUT2D eigenvalue weighted by molar-refractivity contribution is -0.143. The van der Waals surface area contributed by atoms with Gasteiger partial charge in [-0.2, -0.15) is 0 Å². The number of carbonyl (C=O) groups excluding carboxylic acids is 1. The molecule has 3 rings (SSSR count). The van der Waals surface area contributed by atoms with Crippen molar-refractivity contribution in [1.29, 1.82) is 0 Å². The average Bonchev–Trinajstić information content (AvgIpc) is 3.40. The summed E-state index contributed by atoms with van der Waals surface area (Å²) in [7, 11) is -3.64. The van der Waals surface area contributed by atoms with Gasteiger partial charge in [-0.1, -0.05) is 6.07 Å². The molecule has 1 amide bonds. The van der Waals surface area contributed by atoms with Crippen molar-refractivity contribution >= 4 is 21.9 Å². The molecule has 7 nitrogen and oxygen atoms in total. The van der Waals surface area contributed by atoms with E-state index >= 15 is 0 Å². The number of hydrogen-bond acceptors (Lipinski definition) is 4. The summed E-state index contributed by atoms with van der Waals surface area (Å²) in [5.41, 5.74) is 0.0220. The van der Waals surface area contributed by atoms with Crippen molar-refractivity contribution in [3.05, 3.63) is 29.3 Å². The van der Waals surface area contributed by atoms with Gasteiger partial charge in [0.15, 0.2) is 0 Å². The first-order valence-corrected chi connectivity index (χ1v) is 9.36. The first-order valence-electron chi connectivity index (χ1n) is 7.88. The van der Waals surface area contributed by atoms with Gasteiger partial charge in [-0.15, -0.1) is 0 Å². The summed E-state index contributed by atoms with van der Waals surface area (Å²) in [6, 6.07) is 4.38. The molecule has 24 heavy (non-hydrogen) atoms. The van der Waals surface area contributed by atoms with Crippen molar-refractivity contribution in [3.8, 4) is 0 Å². The highest BCUT2D eigenvalue weighted by atomic mass is 32.2. The minimum atomic E-state index is -3.64. The van der Waals surface area contributed by atoms with Gasteiger partial charge in [-0.05, 0) is 50.3 Å². The van der Waals surface area contributed by atoms with Crippen LogP contribution in [0, 0.1) is 12.3 Å². The minimum absolute atomic E-state index is 0.0149. The van der Waals surface area contributed by atoms with Crippen LogP contribution in [0.3, 0.4) is 0 Å². The smallest absolute Gasteiger partial charge is 0.311 e. The predicted octanol–water partition coefficient (Wildman–Crippen LogP) is 1.03. The van der Waals surface area contributed by atoms with E-state index in [2.05, 4.69) is 10.0 Å². The second kappa shape index (κ2) is 5.86. The van der Waals surface area contributed by atoms with Crippen LogP contribution in [0.2, 0.25) is 0 Å². The van der Waals surface area contributed by atoms with E-state index in [4.69, 9.17) is 5.11 Å². The summed E-state index contributed by atoms with van der Waals surface area (Å²) < 4.78 is 27.1. The standard InChI is InChI=1S/C16H20N2O5S/c1-10-2-5-12(24(22,23)18-11-3-4-11)8-13(10)14(19)17-9-16(6-7-16)15(20)21/h2,5,8,11,18H,3-4,6-7,9H2,1H3,(H,17,19)(H,20,21). The Labute approximate surface area is 140 Å². The van der Waals surface area contributed by atoms with Crippen LogP contribution >= 0.6 is 0 Å². The zero-order chi connectivity index (χ0) is 17.5. The van der Waals surface area contributed by atoms with Crippen molar-refractivity contribution in [2.24, 2.45) is 5.41 Å². The molecule has 0 aliphatic heterocycles. The van der Waals surface area contributed by atoms with Crippen molar-refractivity contribution in [1.82, 2.24) is 10.0 Å². The quantitative estimate of drug-likeness (QED) is 0.678. The Morgan fingerprint density at radius 1 is 1.29 bits per heavy atom. The third-order valence-corrected chi connectivity index (χ3v) is 6.08. The Balaban J connectivity index is 1.76. The molecule has 8 heteroatoms. The third kappa shape index (κ3) is 3.44. The summed E-state index contributed by atoms with van der Waals surface area (Å²) in [6.45, 7) is 1.77. The Morgan fingerprint density at radius 3 is 2.50 bits per heavy atom. The number of aryl methyl sites for hydroxylation is 1. The molecular formula is C16H20N2O5S. The first-order chi connectivity index (χ1) is 11.2. The molecule has 0 spiro atoms. The minimum Gasteiger partial charge on any atom is -0.481 e. The van der Waals surface area contributed by atoms with Crippen LogP contribution in [0.15, 0.2) is 23.1 Å². The van der Waals surface area contributed by atoms with Gasteiger partial charge in [0.2, 0.25) is 10.0 Å². The number of carboxylic acids is 1. The lowest BCUT2D eigenvalue weighted by Crippen LogP contribution is -2.34. The second-order valence-corrected chi connectivity index (χ2v) is 8.35. The van der Waals surface area contributed by atoms with Crippen LogP contribution in [0.1, 0.15) is 41.6 Å². The number of benzene rings is 1. The highest BCUT2D eigenvalue weighted by Crippen LogP contribution is 2.45. The van der Waals surface area contributed by atoms with Gasteiger partial charge in [-0.25, -0.2) is 13.1 Å². The zero-order valence-electron chi connectivity index (χ0n) is 13.3. The van der Waals surface area contributed by atoms with Gasteiger partial charge < -0.3 is 10.4 Å². The maximum Gasteiger partial charge on any atom is 0.311 e. The lowest BCUT2D eigenvalue weighted by atomic mass is 10.1. The molecule has 0 aromatic heterocycles. The molecule has 2 aliphatic rings. The molecular weight excluding hydrogens is 332 g/mol. The van der Waals surface area contributed by atoms with E-state index in [1.807, 2.05) is 0 Å². The van der Waals surface area contributed by atoms with Gasteiger partial charge in [0.1, 0.15) is 0 Å². The molecule has 0 saturated heterocycles. The van der Waals surface area contributed by atoms with E-state index in [1.165, 1.54) is 12.1 Å². The van der Waals surface area contributed by atoms with Crippen molar-refractivity contribution < 1.29 is 23.1 Å². The number of amides is 1. The van der Waals surface area contributed by atoms with Gasteiger partial charge >= 0.3 is 5.97 Å². The maximum atomic E-state index is 12.4. The maximum absolute atomic E-state index is 12.4. The van der Waals surface area contributed by atoms with Gasteiger partial charge in [0, 0.05) is 18.2 Å². The summed E-state index contributed by atoms with van der Waals surface area (Å²) in [4.78, 5) is 23.6.